The molecule has 0 bridgehead atoms. The van der Waals surface area contributed by atoms with Crippen LogP contribution in [0.3, 0.4) is 0 Å². The van der Waals surface area contributed by atoms with Crippen LogP contribution >= 0.6 is 7.14 Å². The van der Waals surface area contributed by atoms with Crippen LogP contribution in [0, 0.1) is 5.82 Å². The van der Waals surface area contributed by atoms with Gasteiger partial charge in [0.25, 0.3) is 0 Å². The van der Waals surface area contributed by atoms with E-state index in [2.05, 4.69) is 0 Å². The van der Waals surface area contributed by atoms with E-state index in [1.807, 2.05) is 0 Å². The Morgan fingerprint density at radius 2 is 2.08 bits per heavy atom. The van der Waals surface area contributed by atoms with E-state index in [4.69, 9.17) is 5.73 Å². The zero-order valence-electron chi connectivity index (χ0n) is 7.75. The average molecular weight is 201 g/mol. The van der Waals surface area contributed by atoms with E-state index in [1.54, 1.807) is 25.5 Å². The maximum atomic E-state index is 13.2. The lowest BCUT2D eigenvalue weighted by Gasteiger charge is -2.09. The Bertz CT molecular complexity index is 359. The fourth-order valence-electron chi connectivity index (χ4n) is 1.10. The van der Waals surface area contributed by atoms with Gasteiger partial charge in [0.15, 0.2) is 0 Å². The quantitative estimate of drug-likeness (QED) is 0.737. The zero-order chi connectivity index (χ0) is 10.1. The summed E-state index contributed by atoms with van der Waals surface area (Å²) in [5.41, 5.74) is 6.21. The standard InChI is InChI=1S/C9H13FNOP/c1-13(2,12)9-5-7(6-11)3-4-8(9)10/h3-5H,6,11H2,1-2H3. The molecule has 0 aliphatic carbocycles. The van der Waals surface area contributed by atoms with Gasteiger partial charge < -0.3 is 10.3 Å². The van der Waals surface area contributed by atoms with E-state index in [9.17, 15) is 8.96 Å². The van der Waals surface area contributed by atoms with Gasteiger partial charge in [0.2, 0.25) is 0 Å². The summed E-state index contributed by atoms with van der Waals surface area (Å²) in [5.74, 6) is -0.412. The summed E-state index contributed by atoms with van der Waals surface area (Å²) >= 11 is 0. The monoisotopic (exact) mass is 201 g/mol. The third-order valence-electron chi connectivity index (χ3n) is 1.83. The molecule has 1 rings (SSSR count). The van der Waals surface area contributed by atoms with Crippen molar-refractivity contribution in [1.29, 1.82) is 0 Å². The second kappa shape index (κ2) is 3.60. The van der Waals surface area contributed by atoms with Gasteiger partial charge in [-0.15, -0.1) is 0 Å². The lowest BCUT2D eigenvalue weighted by Crippen LogP contribution is -2.11. The second-order valence-corrected chi connectivity index (χ2v) is 6.52. The molecule has 0 spiro atoms. The van der Waals surface area contributed by atoms with Gasteiger partial charge >= 0.3 is 0 Å². The van der Waals surface area contributed by atoms with Crippen LogP contribution in [-0.4, -0.2) is 13.3 Å². The SMILES string of the molecule is CP(C)(=O)c1cc(CN)ccc1F. The minimum absolute atomic E-state index is 0.287. The molecular formula is C9H13FNOP. The molecule has 0 amide bonds. The van der Waals surface area contributed by atoms with Crippen molar-refractivity contribution in [2.24, 2.45) is 5.73 Å². The topological polar surface area (TPSA) is 43.1 Å². The van der Waals surface area contributed by atoms with Gasteiger partial charge in [-0.2, -0.15) is 0 Å². The van der Waals surface area contributed by atoms with Crippen molar-refractivity contribution in [3.8, 4) is 0 Å². The highest BCUT2D eigenvalue weighted by atomic mass is 31.2. The fourth-order valence-corrected chi connectivity index (χ4v) is 2.16. The Labute approximate surface area is 77.3 Å². The molecule has 1 aromatic carbocycles. The summed E-state index contributed by atoms with van der Waals surface area (Å²) in [6, 6.07) is 4.50. The van der Waals surface area contributed by atoms with Crippen molar-refractivity contribution < 1.29 is 8.96 Å². The Hall–Kier alpha value is -0.660. The first-order valence-electron chi connectivity index (χ1n) is 3.99. The number of benzene rings is 1. The highest BCUT2D eigenvalue weighted by Gasteiger charge is 2.16. The first kappa shape index (κ1) is 10.4. The summed E-state index contributed by atoms with van der Waals surface area (Å²) < 4.78 is 24.8. The highest BCUT2D eigenvalue weighted by molar-refractivity contribution is 7.70. The molecule has 72 valence electrons. The summed E-state index contributed by atoms with van der Waals surface area (Å²) in [7, 11) is -2.53. The molecule has 13 heavy (non-hydrogen) atoms. The number of rotatable bonds is 2. The number of hydrogen-bond donors (Lipinski definition) is 1. The lowest BCUT2D eigenvalue weighted by molar-refractivity contribution is 0.584. The highest BCUT2D eigenvalue weighted by Crippen LogP contribution is 2.35. The molecule has 0 heterocycles. The molecule has 0 saturated heterocycles. The van der Waals surface area contributed by atoms with Crippen LogP contribution in [0.25, 0.3) is 0 Å². The van der Waals surface area contributed by atoms with Crippen molar-refractivity contribution in [2.45, 2.75) is 6.54 Å². The largest absolute Gasteiger partial charge is 0.326 e. The van der Waals surface area contributed by atoms with Gasteiger partial charge in [0.1, 0.15) is 13.0 Å². The van der Waals surface area contributed by atoms with Gasteiger partial charge in [-0.1, -0.05) is 6.07 Å². The zero-order valence-corrected chi connectivity index (χ0v) is 8.64. The first-order chi connectivity index (χ1) is 5.95. The lowest BCUT2D eigenvalue weighted by atomic mass is 10.2. The minimum atomic E-state index is -2.53. The molecular weight excluding hydrogens is 188 g/mol. The Kier molecular flexibility index (Phi) is 2.89. The van der Waals surface area contributed by atoms with Crippen molar-refractivity contribution >= 4 is 12.4 Å². The molecule has 4 heteroatoms. The van der Waals surface area contributed by atoms with Crippen LogP contribution in [0.1, 0.15) is 5.56 Å². The van der Waals surface area contributed by atoms with E-state index in [-0.39, 0.29) is 5.30 Å². The molecule has 0 radical (unpaired) electrons. The molecule has 0 fully saturated rings. The maximum Gasteiger partial charge on any atom is 0.133 e. The van der Waals surface area contributed by atoms with E-state index < -0.39 is 13.0 Å². The molecule has 2 nitrogen and oxygen atoms in total. The van der Waals surface area contributed by atoms with Crippen LogP contribution in [0.4, 0.5) is 4.39 Å². The Morgan fingerprint density at radius 3 is 2.54 bits per heavy atom. The number of halogens is 1. The van der Waals surface area contributed by atoms with Crippen molar-refractivity contribution in [3.05, 3.63) is 29.6 Å². The third kappa shape index (κ3) is 2.39. The van der Waals surface area contributed by atoms with Crippen LogP contribution < -0.4 is 11.0 Å². The second-order valence-electron chi connectivity index (χ2n) is 3.34. The van der Waals surface area contributed by atoms with E-state index >= 15 is 0 Å². The average Bonchev–Trinajstić information content (AvgIpc) is 2.03. The molecule has 1 aromatic rings. The predicted molar refractivity (Wildman–Crippen MR) is 53.4 cm³/mol. The van der Waals surface area contributed by atoms with Crippen LogP contribution in [0.5, 0.6) is 0 Å². The van der Waals surface area contributed by atoms with Crippen molar-refractivity contribution in [2.75, 3.05) is 13.3 Å². The normalized spacial score (nSPS) is 11.7. The molecule has 0 atom stereocenters. The van der Waals surface area contributed by atoms with E-state index in [0.29, 0.717) is 6.54 Å². The van der Waals surface area contributed by atoms with Crippen LogP contribution in [0.2, 0.25) is 0 Å². The van der Waals surface area contributed by atoms with Crippen molar-refractivity contribution in [3.63, 3.8) is 0 Å². The van der Waals surface area contributed by atoms with Gasteiger partial charge in [-0.3, -0.25) is 0 Å². The summed E-state index contributed by atoms with van der Waals surface area (Å²) in [6.07, 6.45) is 0. The van der Waals surface area contributed by atoms with Gasteiger partial charge in [0, 0.05) is 11.8 Å². The predicted octanol–water partition coefficient (Wildman–Crippen LogP) is 1.53. The Balaban J connectivity index is 3.27. The van der Waals surface area contributed by atoms with E-state index in [1.165, 1.54) is 6.07 Å². The van der Waals surface area contributed by atoms with Crippen LogP contribution in [-0.2, 0) is 11.1 Å². The molecule has 0 aliphatic rings. The van der Waals surface area contributed by atoms with Crippen molar-refractivity contribution in [1.82, 2.24) is 0 Å². The molecule has 2 N–H and O–H groups in total. The summed E-state index contributed by atoms with van der Waals surface area (Å²) in [6.45, 7) is 3.44. The summed E-state index contributed by atoms with van der Waals surface area (Å²) in [5, 5.41) is 0.287. The maximum absolute atomic E-state index is 13.2. The number of hydrogen-bond acceptors (Lipinski definition) is 2. The fraction of sp³-hybridized carbons (Fsp3) is 0.333. The minimum Gasteiger partial charge on any atom is -0.326 e. The van der Waals surface area contributed by atoms with E-state index in [0.717, 1.165) is 5.56 Å². The van der Waals surface area contributed by atoms with Gasteiger partial charge in [-0.05, 0) is 31.0 Å². The molecule has 0 saturated carbocycles. The van der Waals surface area contributed by atoms with Gasteiger partial charge in [-0.25, -0.2) is 4.39 Å². The summed E-state index contributed by atoms with van der Waals surface area (Å²) in [4.78, 5) is 0. The first-order valence-corrected chi connectivity index (χ1v) is 6.59. The third-order valence-corrected chi connectivity index (χ3v) is 3.33. The molecule has 0 aromatic heterocycles. The van der Waals surface area contributed by atoms with Gasteiger partial charge in [0.05, 0.1) is 0 Å². The Morgan fingerprint density at radius 1 is 1.46 bits per heavy atom. The number of nitrogens with two attached hydrogens (primary N) is 1. The molecule has 0 unspecified atom stereocenters. The molecule has 0 aliphatic heterocycles. The smallest absolute Gasteiger partial charge is 0.133 e. The van der Waals surface area contributed by atoms with Crippen LogP contribution in [0.15, 0.2) is 18.2 Å².